The number of fused-ring (bicyclic) bond motifs is 1. The first-order valence-corrected chi connectivity index (χ1v) is 9.03. The molecule has 0 radical (unpaired) electrons. The third-order valence-electron chi connectivity index (χ3n) is 4.87. The molecule has 0 spiro atoms. The first kappa shape index (κ1) is 17.0. The SMILES string of the molecule is Cc1nc2cn[nH]c(=O)c2n1Cc1ccc(-c2ccccc2-c2nn[nH]n2)cc1. The molecule has 0 aliphatic rings. The van der Waals surface area contributed by atoms with Crippen molar-refractivity contribution >= 4 is 11.0 Å². The van der Waals surface area contributed by atoms with Gasteiger partial charge in [-0.3, -0.25) is 4.79 Å². The van der Waals surface area contributed by atoms with Gasteiger partial charge >= 0.3 is 0 Å². The second-order valence-electron chi connectivity index (χ2n) is 6.66. The molecule has 0 unspecified atom stereocenters. The summed E-state index contributed by atoms with van der Waals surface area (Å²) >= 11 is 0. The topological polar surface area (TPSA) is 118 Å². The van der Waals surface area contributed by atoms with Crippen LogP contribution >= 0.6 is 0 Å². The number of nitrogens with one attached hydrogen (secondary N) is 2. The lowest BCUT2D eigenvalue weighted by Crippen LogP contribution is -2.13. The van der Waals surface area contributed by atoms with Crippen LogP contribution in [-0.4, -0.2) is 40.4 Å². The van der Waals surface area contributed by atoms with E-state index >= 15 is 0 Å². The van der Waals surface area contributed by atoms with Crippen LogP contribution in [0.1, 0.15) is 11.4 Å². The Morgan fingerprint density at radius 1 is 1.03 bits per heavy atom. The number of aryl methyl sites for hydroxylation is 1. The molecule has 5 aromatic rings. The normalized spacial score (nSPS) is 11.2. The lowest BCUT2D eigenvalue weighted by molar-refractivity contribution is 0.780. The monoisotopic (exact) mass is 384 g/mol. The van der Waals surface area contributed by atoms with Gasteiger partial charge in [0.15, 0.2) is 0 Å². The Bertz CT molecular complexity index is 1350. The Kier molecular flexibility index (Phi) is 3.98. The van der Waals surface area contributed by atoms with Crippen LogP contribution in [0.4, 0.5) is 0 Å². The maximum Gasteiger partial charge on any atom is 0.290 e. The third-order valence-corrected chi connectivity index (χ3v) is 4.87. The van der Waals surface area contributed by atoms with Gasteiger partial charge in [-0.2, -0.15) is 10.3 Å². The molecule has 0 amide bonds. The van der Waals surface area contributed by atoms with E-state index in [1.165, 1.54) is 0 Å². The third kappa shape index (κ3) is 2.98. The van der Waals surface area contributed by atoms with Crippen LogP contribution in [0, 0.1) is 6.92 Å². The van der Waals surface area contributed by atoms with E-state index in [9.17, 15) is 4.79 Å². The summed E-state index contributed by atoms with van der Waals surface area (Å²) < 4.78 is 1.90. The number of aromatic nitrogens is 8. The highest BCUT2D eigenvalue weighted by Crippen LogP contribution is 2.29. The molecule has 5 rings (SSSR count). The van der Waals surface area contributed by atoms with Crippen LogP contribution in [0.3, 0.4) is 0 Å². The fraction of sp³-hybridized carbons (Fsp3) is 0.100. The molecule has 9 nitrogen and oxygen atoms in total. The molecule has 0 saturated carbocycles. The van der Waals surface area contributed by atoms with Gasteiger partial charge in [-0.05, 0) is 28.8 Å². The lowest BCUT2D eigenvalue weighted by Gasteiger charge is -2.10. The van der Waals surface area contributed by atoms with Crippen LogP contribution < -0.4 is 5.56 Å². The summed E-state index contributed by atoms with van der Waals surface area (Å²) in [5.74, 6) is 1.32. The number of hydrogen-bond donors (Lipinski definition) is 2. The standard InChI is InChI=1S/C20H16N8O/c1-12-22-17-10-21-25-20(29)18(17)28(12)11-13-6-8-14(9-7-13)15-4-2-3-5-16(15)19-23-26-27-24-19/h2-10H,11H2,1H3,(H,25,29)(H,23,24,26,27). The van der Waals surface area contributed by atoms with Crippen molar-refractivity contribution in [2.45, 2.75) is 13.5 Å². The molecule has 2 N–H and O–H groups in total. The smallest absolute Gasteiger partial charge is 0.290 e. The Hall–Kier alpha value is -4.14. The highest BCUT2D eigenvalue weighted by Gasteiger charge is 2.13. The number of aromatic amines is 2. The fourth-order valence-corrected chi connectivity index (χ4v) is 3.49. The van der Waals surface area contributed by atoms with Crippen LogP contribution in [0.2, 0.25) is 0 Å². The Balaban J connectivity index is 1.50. The number of tetrazole rings is 1. The van der Waals surface area contributed by atoms with Gasteiger partial charge in [-0.15, -0.1) is 10.2 Å². The van der Waals surface area contributed by atoms with Crippen molar-refractivity contribution in [1.29, 1.82) is 0 Å². The summed E-state index contributed by atoms with van der Waals surface area (Å²) in [5, 5.41) is 20.6. The number of nitrogens with zero attached hydrogens (tertiary/aromatic N) is 6. The zero-order chi connectivity index (χ0) is 19.8. The summed E-state index contributed by atoms with van der Waals surface area (Å²) in [7, 11) is 0. The summed E-state index contributed by atoms with van der Waals surface area (Å²) in [6.45, 7) is 2.43. The first-order chi connectivity index (χ1) is 14.2. The van der Waals surface area contributed by atoms with Crippen molar-refractivity contribution < 1.29 is 0 Å². The summed E-state index contributed by atoms with van der Waals surface area (Å²) in [4.78, 5) is 16.6. The van der Waals surface area contributed by atoms with E-state index in [2.05, 4.69) is 47.9 Å². The van der Waals surface area contributed by atoms with Crippen LogP contribution in [-0.2, 0) is 6.54 Å². The zero-order valence-electron chi connectivity index (χ0n) is 15.5. The van der Waals surface area contributed by atoms with Crippen molar-refractivity contribution in [2.75, 3.05) is 0 Å². The molecule has 0 aliphatic heterocycles. The van der Waals surface area contributed by atoms with E-state index in [1.54, 1.807) is 6.20 Å². The van der Waals surface area contributed by atoms with Crippen molar-refractivity contribution in [3.05, 3.63) is 76.5 Å². The quantitative estimate of drug-likeness (QED) is 0.491. The van der Waals surface area contributed by atoms with Crippen molar-refractivity contribution in [3.8, 4) is 22.5 Å². The molecule has 0 aliphatic carbocycles. The molecule has 0 atom stereocenters. The molecule has 29 heavy (non-hydrogen) atoms. The minimum absolute atomic E-state index is 0.242. The predicted octanol–water partition coefficient (Wildman–Crippen LogP) is 2.32. The number of imidazole rings is 1. The lowest BCUT2D eigenvalue weighted by atomic mass is 9.98. The highest BCUT2D eigenvalue weighted by atomic mass is 16.1. The predicted molar refractivity (Wildman–Crippen MR) is 107 cm³/mol. The molecule has 0 fully saturated rings. The molecule has 142 valence electrons. The summed E-state index contributed by atoms with van der Waals surface area (Å²) in [6.07, 6.45) is 1.57. The average Bonchev–Trinajstić information content (AvgIpc) is 3.38. The van der Waals surface area contributed by atoms with E-state index in [0.717, 1.165) is 28.1 Å². The maximum atomic E-state index is 12.2. The Morgan fingerprint density at radius 2 is 1.83 bits per heavy atom. The van der Waals surface area contributed by atoms with Crippen LogP contribution in [0.25, 0.3) is 33.5 Å². The second-order valence-corrected chi connectivity index (χ2v) is 6.66. The van der Waals surface area contributed by atoms with Crippen molar-refractivity contribution in [2.24, 2.45) is 0 Å². The van der Waals surface area contributed by atoms with E-state index in [0.29, 0.717) is 23.4 Å². The molecule has 9 heteroatoms. The van der Waals surface area contributed by atoms with Gasteiger partial charge in [0, 0.05) is 12.1 Å². The number of H-pyrrole nitrogens is 2. The number of hydrogen-bond acceptors (Lipinski definition) is 6. The zero-order valence-corrected chi connectivity index (χ0v) is 15.5. The largest absolute Gasteiger partial charge is 0.319 e. The fourth-order valence-electron chi connectivity index (χ4n) is 3.49. The summed E-state index contributed by atoms with van der Waals surface area (Å²) in [6, 6.07) is 16.1. The molecule has 0 saturated heterocycles. The first-order valence-electron chi connectivity index (χ1n) is 9.03. The molecule has 3 heterocycles. The van der Waals surface area contributed by atoms with E-state index < -0.39 is 0 Å². The Morgan fingerprint density at radius 3 is 2.59 bits per heavy atom. The van der Waals surface area contributed by atoms with E-state index in [1.807, 2.05) is 47.9 Å². The molecular weight excluding hydrogens is 368 g/mol. The van der Waals surface area contributed by atoms with Crippen LogP contribution in [0.15, 0.2) is 59.5 Å². The average molecular weight is 384 g/mol. The number of rotatable bonds is 4. The maximum absolute atomic E-state index is 12.2. The number of benzene rings is 2. The minimum atomic E-state index is -0.242. The van der Waals surface area contributed by atoms with Gasteiger partial charge in [-0.25, -0.2) is 10.1 Å². The summed E-state index contributed by atoms with van der Waals surface area (Å²) in [5.41, 5.74) is 4.92. The molecule has 0 bridgehead atoms. The van der Waals surface area contributed by atoms with Gasteiger partial charge in [0.25, 0.3) is 5.56 Å². The molecular formula is C20H16N8O. The van der Waals surface area contributed by atoms with E-state index in [4.69, 9.17) is 0 Å². The van der Waals surface area contributed by atoms with Gasteiger partial charge < -0.3 is 4.57 Å². The van der Waals surface area contributed by atoms with Crippen molar-refractivity contribution in [1.82, 2.24) is 40.4 Å². The van der Waals surface area contributed by atoms with Crippen molar-refractivity contribution in [3.63, 3.8) is 0 Å². The Labute approximate surface area is 164 Å². The van der Waals surface area contributed by atoms with Gasteiger partial charge in [0.2, 0.25) is 5.82 Å². The minimum Gasteiger partial charge on any atom is -0.319 e. The second kappa shape index (κ2) is 6.79. The highest BCUT2D eigenvalue weighted by molar-refractivity contribution is 5.80. The molecule has 2 aromatic carbocycles. The van der Waals surface area contributed by atoms with Gasteiger partial charge in [0.1, 0.15) is 16.9 Å². The van der Waals surface area contributed by atoms with Gasteiger partial charge in [-0.1, -0.05) is 48.5 Å². The van der Waals surface area contributed by atoms with Gasteiger partial charge in [0.05, 0.1) is 6.20 Å². The molecule has 3 aromatic heterocycles. The van der Waals surface area contributed by atoms with E-state index in [-0.39, 0.29) is 5.56 Å². The van der Waals surface area contributed by atoms with Crippen LogP contribution in [0.5, 0.6) is 0 Å².